The van der Waals surface area contributed by atoms with E-state index in [0.717, 1.165) is 4.57 Å². The maximum atomic E-state index is 11.4. The van der Waals surface area contributed by atoms with Gasteiger partial charge in [0.2, 0.25) is 0 Å². The summed E-state index contributed by atoms with van der Waals surface area (Å²) in [5, 5.41) is 8.34. The summed E-state index contributed by atoms with van der Waals surface area (Å²) in [5.74, 6) is 0.0866. The van der Waals surface area contributed by atoms with E-state index in [1.165, 1.54) is 12.3 Å². The minimum absolute atomic E-state index is 0.0244. The summed E-state index contributed by atoms with van der Waals surface area (Å²) in [6.07, 6.45) is -0.944. The predicted octanol–water partition coefficient (Wildman–Crippen LogP) is -0.651. The predicted molar refractivity (Wildman–Crippen MR) is 51.9 cm³/mol. The van der Waals surface area contributed by atoms with E-state index in [1.807, 2.05) is 0 Å². The molecule has 0 aliphatic carbocycles. The fourth-order valence-corrected chi connectivity index (χ4v) is 1.30. The quantitative estimate of drug-likeness (QED) is 0.656. The van der Waals surface area contributed by atoms with Crippen LogP contribution < -0.4 is 11.4 Å². The van der Waals surface area contributed by atoms with Crippen LogP contribution in [0.4, 0.5) is 10.6 Å². The minimum atomic E-state index is -1.53. The lowest BCUT2D eigenvalue weighted by molar-refractivity contribution is -0.217. The highest BCUT2D eigenvalue weighted by atomic mass is 16.9. The number of hydrogen-bond donors (Lipinski definition) is 2. The van der Waals surface area contributed by atoms with Crippen LogP contribution in [0, 0.1) is 0 Å². The molecule has 17 heavy (non-hydrogen) atoms. The van der Waals surface area contributed by atoms with Gasteiger partial charge in [0.05, 0.1) is 6.61 Å². The fourth-order valence-electron chi connectivity index (χ4n) is 1.30. The van der Waals surface area contributed by atoms with Crippen molar-refractivity contribution in [3.05, 3.63) is 22.7 Å². The highest BCUT2D eigenvalue weighted by molar-refractivity contribution is 5.56. The molecule has 92 valence electrons. The van der Waals surface area contributed by atoms with Gasteiger partial charge < -0.3 is 20.3 Å². The molecule has 2 unspecified atom stereocenters. The van der Waals surface area contributed by atoms with Crippen molar-refractivity contribution in [1.82, 2.24) is 9.55 Å². The molecule has 9 heteroatoms. The molecule has 2 heterocycles. The Hall–Kier alpha value is -2.13. The number of anilines is 1. The molecular weight excluding hydrogens is 234 g/mol. The van der Waals surface area contributed by atoms with Gasteiger partial charge >= 0.3 is 18.3 Å². The third-order valence-corrected chi connectivity index (χ3v) is 2.00. The third-order valence-electron chi connectivity index (χ3n) is 2.00. The normalized spacial score (nSPS) is 23.5. The molecule has 2 atom stereocenters. The Morgan fingerprint density at radius 3 is 3.12 bits per heavy atom. The van der Waals surface area contributed by atoms with Crippen molar-refractivity contribution in [2.75, 3.05) is 12.3 Å². The largest absolute Gasteiger partial charge is 0.509 e. The van der Waals surface area contributed by atoms with E-state index in [0.29, 0.717) is 0 Å². The SMILES string of the molecule is Nc1ccn(C2COC(OC(=O)O)O2)c(=O)n1. The van der Waals surface area contributed by atoms with Gasteiger partial charge in [-0.3, -0.25) is 9.30 Å². The van der Waals surface area contributed by atoms with Crippen LogP contribution in [0.2, 0.25) is 0 Å². The molecule has 1 fully saturated rings. The molecule has 0 amide bonds. The Bertz CT molecular complexity index is 486. The van der Waals surface area contributed by atoms with E-state index in [9.17, 15) is 9.59 Å². The van der Waals surface area contributed by atoms with Crippen molar-refractivity contribution in [2.24, 2.45) is 0 Å². The second-order valence-electron chi connectivity index (χ2n) is 3.14. The number of nitrogens with two attached hydrogens (primary N) is 1. The summed E-state index contributed by atoms with van der Waals surface area (Å²) in [6, 6.07) is 1.41. The van der Waals surface area contributed by atoms with Gasteiger partial charge in [-0.1, -0.05) is 0 Å². The molecule has 0 spiro atoms. The zero-order chi connectivity index (χ0) is 12.4. The standard InChI is InChI=1S/C8H9N3O6/c9-4-1-2-11(6(12)10-4)5-3-15-8(16-5)17-7(13)14/h1-2,5,8H,3H2,(H,13,14)(H2,9,10,12). The highest BCUT2D eigenvalue weighted by Crippen LogP contribution is 2.20. The van der Waals surface area contributed by atoms with Crippen LogP contribution in [0.5, 0.6) is 0 Å². The Balaban J connectivity index is 2.10. The number of hydrogen-bond acceptors (Lipinski definition) is 7. The van der Waals surface area contributed by atoms with Gasteiger partial charge in [0, 0.05) is 6.20 Å². The summed E-state index contributed by atoms with van der Waals surface area (Å²) >= 11 is 0. The van der Waals surface area contributed by atoms with Gasteiger partial charge in [0.1, 0.15) is 5.82 Å². The topological polar surface area (TPSA) is 126 Å². The van der Waals surface area contributed by atoms with Crippen molar-refractivity contribution in [1.29, 1.82) is 0 Å². The number of nitrogen functional groups attached to an aromatic ring is 1. The van der Waals surface area contributed by atoms with Gasteiger partial charge in [-0.15, -0.1) is 0 Å². The van der Waals surface area contributed by atoms with Crippen LogP contribution >= 0.6 is 0 Å². The van der Waals surface area contributed by atoms with Gasteiger partial charge in [0.25, 0.3) is 0 Å². The molecule has 1 aliphatic rings. The van der Waals surface area contributed by atoms with E-state index >= 15 is 0 Å². The van der Waals surface area contributed by atoms with Crippen molar-refractivity contribution in [3.8, 4) is 0 Å². The molecular formula is C8H9N3O6. The van der Waals surface area contributed by atoms with Gasteiger partial charge in [0.15, 0.2) is 6.23 Å². The van der Waals surface area contributed by atoms with Crippen molar-refractivity contribution < 1.29 is 24.1 Å². The van der Waals surface area contributed by atoms with Crippen molar-refractivity contribution in [2.45, 2.75) is 12.7 Å². The first kappa shape index (κ1) is 11.4. The monoisotopic (exact) mass is 243 g/mol. The Labute approximate surface area is 94.3 Å². The van der Waals surface area contributed by atoms with Crippen LogP contribution in [-0.4, -0.2) is 33.9 Å². The van der Waals surface area contributed by atoms with Crippen LogP contribution in [0.1, 0.15) is 6.23 Å². The lowest BCUT2D eigenvalue weighted by Crippen LogP contribution is -2.28. The van der Waals surface area contributed by atoms with Crippen LogP contribution in [0.3, 0.4) is 0 Å². The lowest BCUT2D eigenvalue weighted by Gasteiger charge is -2.11. The maximum absolute atomic E-state index is 11.4. The first-order valence-electron chi connectivity index (χ1n) is 4.57. The summed E-state index contributed by atoms with van der Waals surface area (Å²) < 4.78 is 15.3. The van der Waals surface area contributed by atoms with Crippen LogP contribution in [0.25, 0.3) is 0 Å². The fraction of sp³-hybridized carbons (Fsp3) is 0.375. The highest BCUT2D eigenvalue weighted by Gasteiger charge is 2.30. The summed E-state index contributed by atoms with van der Waals surface area (Å²) in [4.78, 5) is 25.2. The molecule has 2 rings (SSSR count). The summed E-state index contributed by atoms with van der Waals surface area (Å²) in [6.45, 7) is -1.37. The lowest BCUT2D eigenvalue weighted by atomic mass is 10.5. The third kappa shape index (κ3) is 2.52. The Morgan fingerprint density at radius 2 is 2.47 bits per heavy atom. The molecule has 9 nitrogen and oxygen atoms in total. The molecule has 0 radical (unpaired) electrons. The average molecular weight is 243 g/mol. The summed E-state index contributed by atoms with van der Waals surface area (Å²) in [5.41, 5.74) is 4.70. The average Bonchev–Trinajstić information content (AvgIpc) is 2.65. The van der Waals surface area contributed by atoms with E-state index in [2.05, 4.69) is 9.72 Å². The number of nitrogens with zero attached hydrogens (tertiary/aromatic N) is 2. The first-order valence-corrected chi connectivity index (χ1v) is 4.57. The minimum Gasteiger partial charge on any atom is -0.450 e. The first-order chi connectivity index (χ1) is 8.06. The van der Waals surface area contributed by atoms with E-state index in [1.54, 1.807) is 0 Å². The Kier molecular flexibility index (Phi) is 2.93. The molecule has 0 saturated carbocycles. The maximum Gasteiger partial charge on any atom is 0.509 e. The van der Waals surface area contributed by atoms with Gasteiger partial charge in [-0.25, -0.2) is 9.59 Å². The second-order valence-corrected chi connectivity index (χ2v) is 3.14. The molecule has 0 bridgehead atoms. The zero-order valence-electron chi connectivity index (χ0n) is 8.48. The van der Waals surface area contributed by atoms with E-state index in [-0.39, 0.29) is 12.4 Å². The van der Waals surface area contributed by atoms with Crippen molar-refractivity contribution >= 4 is 12.0 Å². The number of ether oxygens (including phenoxy) is 3. The van der Waals surface area contributed by atoms with Crippen LogP contribution in [0.15, 0.2) is 17.1 Å². The number of aromatic nitrogens is 2. The number of rotatable bonds is 2. The summed E-state index contributed by atoms with van der Waals surface area (Å²) in [7, 11) is 0. The Morgan fingerprint density at radius 1 is 1.71 bits per heavy atom. The van der Waals surface area contributed by atoms with Crippen molar-refractivity contribution in [3.63, 3.8) is 0 Å². The van der Waals surface area contributed by atoms with E-state index < -0.39 is 24.5 Å². The van der Waals surface area contributed by atoms with Gasteiger partial charge in [-0.2, -0.15) is 4.98 Å². The van der Waals surface area contributed by atoms with Crippen LogP contribution in [-0.2, 0) is 14.2 Å². The molecule has 1 aliphatic heterocycles. The molecule has 1 aromatic heterocycles. The smallest absolute Gasteiger partial charge is 0.450 e. The molecule has 1 aromatic rings. The van der Waals surface area contributed by atoms with Gasteiger partial charge in [-0.05, 0) is 6.07 Å². The second kappa shape index (κ2) is 4.39. The number of carbonyl (C=O) groups is 1. The number of carboxylic acid groups (broad SMARTS) is 1. The zero-order valence-corrected chi connectivity index (χ0v) is 8.48. The molecule has 0 aromatic carbocycles. The molecule has 3 N–H and O–H groups in total. The molecule has 1 saturated heterocycles. The van der Waals surface area contributed by atoms with E-state index in [4.69, 9.17) is 20.3 Å².